The van der Waals surface area contributed by atoms with Crippen LogP contribution in [0.5, 0.6) is 5.75 Å². The van der Waals surface area contributed by atoms with Gasteiger partial charge in [-0.1, -0.05) is 37.5 Å². The molecule has 1 aliphatic carbocycles. The average molecular weight is 303 g/mol. The zero-order valence-corrected chi connectivity index (χ0v) is 13.9. The molecule has 4 nitrogen and oxygen atoms in total. The van der Waals surface area contributed by atoms with Crippen molar-refractivity contribution in [1.29, 1.82) is 0 Å². The van der Waals surface area contributed by atoms with Gasteiger partial charge >= 0.3 is 0 Å². The second-order valence-corrected chi connectivity index (χ2v) is 5.80. The number of guanidine groups is 1. The zero-order chi connectivity index (χ0) is 15.6. The number of methoxy groups -OCH3 is 1. The normalized spacial score (nSPS) is 16.4. The van der Waals surface area contributed by atoms with Crippen molar-refractivity contribution in [3.8, 4) is 5.75 Å². The molecule has 122 valence electrons. The number of para-hydroxylation sites is 1. The van der Waals surface area contributed by atoms with Crippen molar-refractivity contribution in [3.05, 3.63) is 29.8 Å². The first-order chi connectivity index (χ1) is 10.8. The fourth-order valence-corrected chi connectivity index (χ4v) is 2.96. The van der Waals surface area contributed by atoms with Crippen LogP contribution in [-0.4, -0.2) is 32.2 Å². The summed E-state index contributed by atoms with van der Waals surface area (Å²) in [7, 11) is 1.72. The van der Waals surface area contributed by atoms with Gasteiger partial charge in [0.1, 0.15) is 5.75 Å². The molecule has 0 radical (unpaired) electrons. The van der Waals surface area contributed by atoms with Gasteiger partial charge in [-0.25, -0.2) is 0 Å². The predicted octanol–water partition coefficient (Wildman–Crippen LogP) is 3.13. The van der Waals surface area contributed by atoms with Gasteiger partial charge in [0.05, 0.1) is 7.11 Å². The quantitative estimate of drug-likeness (QED) is 0.627. The van der Waals surface area contributed by atoms with Crippen LogP contribution >= 0.6 is 0 Å². The Balaban J connectivity index is 1.88. The Morgan fingerprint density at radius 1 is 1.23 bits per heavy atom. The first-order valence-corrected chi connectivity index (χ1v) is 8.50. The van der Waals surface area contributed by atoms with Gasteiger partial charge in [0.2, 0.25) is 0 Å². The molecule has 0 unspecified atom stereocenters. The van der Waals surface area contributed by atoms with Gasteiger partial charge in [0.15, 0.2) is 5.96 Å². The molecule has 0 atom stereocenters. The van der Waals surface area contributed by atoms with Crippen molar-refractivity contribution in [2.75, 3.05) is 20.2 Å². The third kappa shape index (κ3) is 5.24. The number of rotatable bonds is 6. The average Bonchev–Trinajstić information content (AvgIpc) is 2.56. The minimum atomic E-state index is 0.581. The van der Waals surface area contributed by atoms with Crippen molar-refractivity contribution in [2.45, 2.75) is 51.5 Å². The summed E-state index contributed by atoms with van der Waals surface area (Å²) in [6.07, 6.45) is 7.45. The molecular weight excluding hydrogens is 274 g/mol. The Hall–Kier alpha value is -1.71. The highest BCUT2D eigenvalue weighted by molar-refractivity contribution is 5.80. The topological polar surface area (TPSA) is 45.7 Å². The standard InChI is InChI=1S/C18H29N3O/c1-3-19-18(21-16-10-5-4-6-11-16)20-14-13-15-9-7-8-12-17(15)22-2/h7-9,12,16H,3-6,10-11,13-14H2,1-2H3,(H2,19,20,21). The minimum Gasteiger partial charge on any atom is -0.496 e. The van der Waals surface area contributed by atoms with Gasteiger partial charge in [0.25, 0.3) is 0 Å². The van der Waals surface area contributed by atoms with Crippen LogP contribution in [0.2, 0.25) is 0 Å². The second kappa shape index (κ2) is 9.34. The van der Waals surface area contributed by atoms with E-state index in [0.717, 1.165) is 31.2 Å². The van der Waals surface area contributed by atoms with E-state index in [1.807, 2.05) is 18.2 Å². The highest BCUT2D eigenvalue weighted by atomic mass is 16.5. The Labute approximate surface area is 134 Å². The summed E-state index contributed by atoms with van der Waals surface area (Å²) in [5.41, 5.74) is 1.21. The SMILES string of the molecule is CCNC(=NCCc1ccccc1OC)NC1CCCCC1. The summed E-state index contributed by atoms with van der Waals surface area (Å²) >= 11 is 0. The number of aliphatic imine (C=N–C) groups is 1. The van der Waals surface area contributed by atoms with Gasteiger partial charge in [-0.3, -0.25) is 4.99 Å². The largest absolute Gasteiger partial charge is 0.496 e. The molecule has 0 bridgehead atoms. The number of ether oxygens (including phenoxy) is 1. The van der Waals surface area contributed by atoms with Gasteiger partial charge in [-0.05, 0) is 37.8 Å². The molecular formula is C18H29N3O. The molecule has 1 saturated carbocycles. The lowest BCUT2D eigenvalue weighted by Crippen LogP contribution is -2.44. The molecule has 1 aromatic carbocycles. The highest BCUT2D eigenvalue weighted by Crippen LogP contribution is 2.18. The molecule has 1 fully saturated rings. The summed E-state index contributed by atoms with van der Waals surface area (Å²) in [5.74, 6) is 1.90. The van der Waals surface area contributed by atoms with E-state index in [-0.39, 0.29) is 0 Å². The molecule has 0 saturated heterocycles. The lowest BCUT2D eigenvalue weighted by atomic mass is 9.96. The number of hydrogen-bond donors (Lipinski definition) is 2. The number of benzene rings is 1. The van der Waals surface area contributed by atoms with E-state index in [9.17, 15) is 0 Å². The first-order valence-electron chi connectivity index (χ1n) is 8.50. The molecule has 0 heterocycles. The number of hydrogen-bond acceptors (Lipinski definition) is 2. The van der Waals surface area contributed by atoms with E-state index in [1.54, 1.807) is 7.11 Å². The molecule has 0 aliphatic heterocycles. The lowest BCUT2D eigenvalue weighted by Gasteiger charge is -2.24. The summed E-state index contributed by atoms with van der Waals surface area (Å²) in [5, 5.41) is 6.93. The molecule has 2 N–H and O–H groups in total. The summed E-state index contributed by atoms with van der Waals surface area (Å²) in [4.78, 5) is 4.72. The Kier molecular flexibility index (Phi) is 7.07. The van der Waals surface area contributed by atoms with Crippen LogP contribution < -0.4 is 15.4 Å². The zero-order valence-electron chi connectivity index (χ0n) is 13.9. The third-order valence-corrected chi connectivity index (χ3v) is 4.13. The van der Waals surface area contributed by atoms with Gasteiger partial charge in [-0.2, -0.15) is 0 Å². The summed E-state index contributed by atoms with van der Waals surface area (Å²) in [6, 6.07) is 8.74. The second-order valence-electron chi connectivity index (χ2n) is 5.80. The van der Waals surface area contributed by atoms with Crippen molar-refractivity contribution < 1.29 is 4.74 Å². The van der Waals surface area contributed by atoms with Gasteiger partial charge < -0.3 is 15.4 Å². The molecule has 2 rings (SSSR count). The summed E-state index contributed by atoms with van der Waals surface area (Å²) < 4.78 is 5.39. The van der Waals surface area contributed by atoms with Crippen LogP contribution in [0.3, 0.4) is 0 Å². The lowest BCUT2D eigenvalue weighted by molar-refractivity contribution is 0.408. The molecule has 4 heteroatoms. The molecule has 0 aromatic heterocycles. The van der Waals surface area contributed by atoms with E-state index in [1.165, 1.54) is 37.7 Å². The van der Waals surface area contributed by atoms with E-state index in [0.29, 0.717) is 6.04 Å². The minimum absolute atomic E-state index is 0.581. The smallest absolute Gasteiger partial charge is 0.191 e. The van der Waals surface area contributed by atoms with Crippen molar-refractivity contribution in [3.63, 3.8) is 0 Å². The van der Waals surface area contributed by atoms with Gasteiger partial charge in [-0.15, -0.1) is 0 Å². The highest BCUT2D eigenvalue weighted by Gasteiger charge is 2.14. The molecule has 1 aliphatic rings. The fourth-order valence-electron chi connectivity index (χ4n) is 2.96. The summed E-state index contributed by atoms with van der Waals surface area (Å²) in [6.45, 7) is 3.77. The van der Waals surface area contributed by atoms with Crippen LogP contribution in [0.1, 0.15) is 44.6 Å². The van der Waals surface area contributed by atoms with Crippen LogP contribution in [0, 0.1) is 0 Å². The van der Waals surface area contributed by atoms with Crippen LogP contribution in [0.4, 0.5) is 0 Å². The number of nitrogens with one attached hydrogen (secondary N) is 2. The maximum atomic E-state index is 5.39. The first kappa shape index (κ1) is 16.7. The molecule has 1 aromatic rings. The van der Waals surface area contributed by atoms with Crippen molar-refractivity contribution in [2.24, 2.45) is 4.99 Å². The molecule has 0 spiro atoms. The van der Waals surface area contributed by atoms with Crippen LogP contribution in [-0.2, 0) is 6.42 Å². The molecule has 22 heavy (non-hydrogen) atoms. The van der Waals surface area contributed by atoms with E-state index >= 15 is 0 Å². The maximum Gasteiger partial charge on any atom is 0.191 e. The van der Waals surface area contributed by atoms with E-state index in [4.69, 9.17) is 9.73 Å². The van der Waals surface area contributed by atoms with Crippen LogP contribution in [0.25, 0.3) is 0 Å². The predicted molar refractivity (Wildman–Crippen MR) is 92.7 cm³/mol. The monoisotopic (exact) mass is 303 g/mol. The number of nitrogens with zero attached hydrogens (tertiary/aromatic N) is 1. The van der Waals surface area contributed by atoms with Crippen LogP contribution in [0.15, 0.2) is 29.3 Å². The Morgan fingerprint density at radius 3 is 2.73 bits per heavy atom. The van der Waals surface area contributed by atoms with E-state index < -0.39 is 0 Å². The Bertz CT molecular complexity index is 467. The van der Waals surface area contributed by atoms with E-state index in [2.05, 4.69) is 23.6 Å². The van der Waals surface area contributed by atoms with Crippen molar-refractivity contribution in [1.82, 2.24) is 10.6 Å². The fraction of sp³-hybridized carbons (Fsp3) is 0.611. The maximum absolute atomic E-state index is 5.39. The Morgan fingerprint density at radius 2 is 2.00 bits per heavy atom. The van der Waals surface area contributed by atoms with Gasteiger partial charge in [0, 0.05) is 19.1 Å². The molecule has 0 amide bonds. The van der Waals surface area contributed by atoms with Crippen molar-refractivity contribution >= 4 is 5.96 Å². The third-order valence-electron chi connectivity index (χ3n) is 4.13.